The van der Waals surface area contributed by atoms with E-state index in [1.165, 1.54) is 7.11 Å². The zero-order valence-corrected chi connectivity index (χ0v) is 15.1. The molecule has 7 heteroatoms. The van der Waals surface area contributed by atoms with Crippen LogP contribution < -0.4 is 9.47 Å². The van der Waals surface area contributed by atoms with E-state index in [4.69, 9.17) is 18.9 Å². The number of carbonyl (C=O) groups excluding carboxylic acids is 2. The van der Waals surface area contributed by atoms with E-state index in [0.29, 0.717) is 36.8 Å². The number of hydrogen-bond donors (Lipinski definition) is 0. The average Bonchev–Trinajstić information content (AvgIpc) is 2.58. The number of nitrogens with zero attached hydrogens (tertiary/aromatic N) is 1. The maximum Gasteiger partial charge on any atom is 0.338 e. The van der Waals surface area contributed by atoms with Gasteiger partial charge in [0.05, 0.1) is 31.5 Å². The van der Waals surface area contributed by atoms with Gasteiger partial charge in [0.25, 0.3) is 5.91 Å². The summed E-state index contributed by atoms with van der Waals surface area (Å²) in [5, 5.41) is 0. The Bertz CT molecular complexity index is 608. The molecule has 0 radical (unpaired) electrons. The molecule has 0 aliphatic carbocycles. The fourth-order valence-corrected chi connectivity index (χ4v) is 2.76. The average molecular weight is 351 g/mol. The maximum absolute atomic E-state index is 12.2. The van der Waals surface area contributed by atoms with Crippen molar-refractivity contribution >= 4 is 11.9 Å². The monoisotopic (exact) mass is 351 g/mol. The van der Waals surface area contributed by atoms with Crippen LogP contribution in [-0.2, 0) is 14.3 Å². The number of esters is 1. The van der Waals surface area contributed by atoms with E-state index in [9.17, 15) is 9.59 Å². The Morgan fingerprint density at radius 2 is 1.88 bits per heavy atom. The zero-order valence-electron chi connectivity index (χ0n) is 15.1. The number of morpholine rings is 1. The third-order valence-electron chi connectivity index (χ3n) is 3.80. The summed E-state index contributed by atoms with van der Waals surface area (Å²) in [6.07, 6.45) is -0.0579. The van der Waals surface area contributed by atoms with Crippen LogP contribution in [-0.4, -0.2) is 62.4 Å². The molecule has 1 aromatic rings. The minimum absolute atomic E-state index is 0.0289. The van der Waals surface area contributed by atoms with Gasteiger partial charge in [0.15, 0.2) is 18.1 Å². The lowest BCUT2D eigenvalue weighted by Gasteiger charge is -2.35. The van der Waals surface area contributed by atoms with Crippen LogP contribution in [0.1, 0.15) is 31.1 Å². The molecule has 1 aromatic carbocycles. The van der Waals surface area contributed by atoms with Crippen molar-refractivity contribution in [3.63, 3.8) is 0 Å². The third kappa shape index (κ3) is 5.09. The summed E-state index contributed by atoms with van der Waals surface area (Å²) in [5.74, 6) is 0.188. The molecule has 1 saturated heterocycles. The molecule has 2 rings (SSSR count). The molecule has 1 heterocycles. The van der Waals surface area contributed by atoms with Gasteiger partial charge in [-0.05, 0) is 39.0 Å². The number of ether oxygens (including phenoxy) is 4. The summed E-state index contributed by atoms with van der Waals surface area (Å²) in [7, 11) is 1.53. The van der Waals surface area contributed by atoms with E-state index in [-0.39, 0.29) is 24.7 Å². The summed E-state index contributed by atoms with van der Waals surface area (Å²) in [6.45, 7) is 6.81. The van der Waals surface area contributed by atoms with Gasteiger partial charge in [-0.3, -0.25) is 4.79 Å². The van der Waals surface area contributed by atoms with Crippen molar-refractivity contribution in [1.82, 2.24) is 4.90 Å². The van der Waals surface area contributed by atoms with Gasteiger partial charge in [0.1, 0.15) is 0 Å². The van der Waals surface area contributed by atoms with Gasteiger partial charge in [-0.2, -0.15) is 0 Å². The molecule has 138 valence electrons. The second-order valence-corrected chi connectivity index (χ2v) is 5.93. The summed E-state index contributed by atoms with van der Waals surface area (Å²) in [4.78, 5) is 26.1. The molecule has 1 aliphatic rings. The van der Waals surface area contributed by atoms with Crippen LogP contribution in [0.3, 0.4) is 0 Å². The van der Waals surface area contributed by atoms with Crippen molar-refractivity contribution < 1.29 is 28.5 Å². The third-order valence-corrected chi connectivity index (χ3v) is 3.80. The fourth-order valence-electron chi connectivity index (χ4n) is 2.76. The van der Waals surface area contributed by atoms with Crippen molar-refractivity contribution in [2.75, 3.05) is 33.4 Å². The number of amides is 1. The molecule has 1 aliphatic heterocycles. The van der Waals surface area contributed by atoms with Crippen LogP contribution in [0, 0.1) is 0 Å². The molecule has 7 nitrogen and oxygen atoms in total. The van der Waals surface area contributed by atoms with Gasteiger partial charge in [-0.25, -0.2) is 4.79 Å². The van der Waals surface area contributed by atoms with E-state index >= 15 is 0 Å². The molecule has 0 aromatic heterocycles. The number of rotatable bonds is 6. The number of methoxy groups -OCH3 is 1. The summed E-state index contributed by atoms with van der Waals surface area (Å²) >= 11 is 0. The lowest BCUT2D eigenvalue weighted by Crippen LogP contribution is -2.49. The van der Waals surface area contributed by atoms with E-state index in [2.05, 4.69) is 0 Å². The smallest absolute Gasteiger partial charge is 0.338 e. The van der Waals surface area contributed by atoms with Gasteiger partial charge in [-0.1, -0.05) is 0 Å². The molecule has 0 N–H and O–H groups in total. The van der Waals surface area contributed by atoms with Crippen molar-refractivity contribution in [1.29, 1.82) is 0 Å². The first-order valence-corrected chi connectivity index (χ1v) is 8.35. The molecule has 1 amide bonds. The van der Waals surface area contributed by atoms with Crippen LogP contribution >= 0.6 is 0 Å². The SMILES string of the molecule is CCOc1cc(C(=O)OCC(=O)N2C[C@@H](C)O[C@@H](C)C2)ccc1OC. The highest BCUT2D eigenvalue weighted by Gasteiger charge is 2.26. The zero-order chi connectivity index (χ0) is 18.4. The van der Waals surface area contributed by atoms with E-state index < -0.39 is 5.97 Å². The highest BCUT2D eigenvalue weighted by molar-refractivity contribution is 5.92. The Hall–Kier alpha value is -2.28. The fraction of sp³-hybridized carbons (Fsp3) is 0.556. The Morgan fingerprint density at radius 1 is 1.20 bits per heavy atom. The van der Waals surface area contributed by atoms with Gasteiger partial charge < -0.3 is 23.8 Å². The quantitative estimate of drug-likeness (QED) is 0.729. The standard InChI is InChI=1S/C18H25NO6/c1-5-23-16-8-14(6-7-15(16)22-4)18(21)24-11-17(20)19-9-12(2)25-13(3)10-19/h6-8,12-13H,5,9-11H2,1-4H3/t12-,13+. The van der Waals surface area contributed by atoms with E-state index in [1.54, 1.807) is 23.1 Å². The first-order valence-electron chi connectivity index (χ1n) is 8.35. The van der Waals surface area contributed by atoms with Crippen molar-refractivity contribution in [3.8, 4) is 11.5 Å². The Morgan fingerprint density at radius 3 is 2.48 bits per heavy atom. The first kappa shape index (κ1) is 19.1. The molecule has 25 heavy (non-hydrogen) atoms. The molecular formula is C18H25NO6. The normalized spacial score (nSPS) is 20.1. The summed E-state index contributed by atoms with van der Waals surface area (Å²) in [5.41, 5.74) is 0.306. The van der Waals surface area contributed by atoms with Gasteiger partial charge in [0, 0.05) is 13.1 Å². The van der Waals surface area contributed by atoms with Gasteiger partial charge in [-0.15, -0.1) is 0 Å². The minimum atomic E-state index is -0.577. The minimum Gasteiger partial charge on any atom is -0.493 e. The molecular weight excluding hydrogens is 326 g/mol. The van der Waals surface area contributed by atoms with Crippen molar-refractivity contribution in [2.24, 2.45) is 0 Å². The molecule has 0 spiro atoms. The van der Waals surface area contributed by atoms with Crippen LogP contribution in [0.5, 0.6) is 11.5 Å². The van der Waals surface area contributed by atoms with Crippen LogP contribution in [0.15, 0.2) is 18.2 Å². The first-order chi connectivity index (χ1) is 11.9. The molecule has 0 bridgehead atoms. The largest absolute Gasteiger partial charge is 0.493 e. The molecule has 2 atom stereocenters. The lowest BCUT2D eigenvalue weighted by molar-refractivity contribution is -0.146. The van der Waals surface area contributed by atoms with Crippen molar-refractivity contribution in [3.05, 3.63) is 23.8 Å². The van der Waals surface area contributed by atoms with Crippen LogP contribution in [0.25, 0.3) is 0 Å². The number of benzene rings is 1. The second kappa shape index (κ2) is 8.71. The lowest BCUT2D eigenvalue weighted by atomic mass is 10.2. The van der Waals surface area contributed by atoms with Crippen LogP contribution in [0.4, 0.5) is 0 Å². The number of carbonyl (C=O) groups is 2. The highest BCUT2D eigenvalue weighted by atomic mass is 16.5. The summed E-state index contributed by atoms with van der Waals surface area (Å²) < 4.78 is 21.4. The summed E-state index contributed by atoms with van der Waals surface area (Å²) in [6, 6.07) is 4.76. The van der Waals surface area contributed by atoms with Crippen LogP contribution in [0.2, 0.25) is 0 Å². The maximum atomic E-state index is 12.2. The van der Waals surface area contributed by atoms with Gasteiger partial charge in [0.2, 0.25) is 0 Å². The highest BCUT2D eigenvalue weighted by Crippen LogP contribution is 2.28. The van der Waals surface area contributed by atoms with E-state index in [0.717, 1.165) is 0 Å². The second-order valence-electron chi connectivity index (χ2n) is 5.93. The Labute approximate surface area is 147 Å². The number of hydrogen-bond acceptors (Lipinski definition) is 6. The molecule has 0 saturated carbocycles. The van der Waals surface area contributed by atoms with Gasteiger partial charge >= 0.3 is 5.97 Å². The van der Waals surface area contributed by atoms with Crippen molar-refractivity contribution in [2.45, 2.75) is 33.0 Å². The Balaban J connectivity index is 1.95. The molecule has 0 unspecified atom stereocenters. The predicted octanol–water partition coefficient (Wildman–Crippen LogP) is 1.89. The van der Waals surface area contributed by atoms with E-state index in [1.807, 2.05) is 20.8 Å². The topological polar surface area (TPSA) is 74.3 Å². The Kier molecular flexibility index (Phi) is 6.64. The molecule has 1 fully saturated rings. The predicted molar refractivity (Wildman–Crippen MR) is 91.0 cm³/mol.